The molecule has 4 heterocycles. The zero-order valence-electron chi connectivity index (χ0n) is 22.8. The normalized spacial score (nSPS) is 12.2. The van der Waals surface area contributed by atoms with Crippen LogP contribution in [-0.4, -0.2) is 14.5 Å². The van der Waals surface area contributed by atoms with E-state index in [2.05, 4.69) is 83.4 Å². The molecule has 0 atom stereocenters. The highest BCUT2D eigenvalue weighted by Gasteiger charge is 2.22. The lowest BCUT2D eigenvalue weighted by molar-refractivity contribution is 0.670. The van der Waals surface area contributed by atoms with Crippen molar-refractivity contribution in [2.24, 2.45) is 0 Å². The predicted octanol–water partition coefficient (Wildman–Crippen LogP) is 10.2. The second kappa shape index (κ2) is 8.30. The Morgan fingerprint density at radius 3 is 1.88 bits per heavy atom. The summed E-state index contributed by atoms with van der Waals surface area (Å²) in [6.07, 6.45) is 0. The second-order valence-corrected chi connectivity index (χ2v) is 11.0. The van der Waals surface area contributed by atoms with Crippen molar-refractivity contribution in [3.8, 4) is 17.2 Å². The van der Waals surface area contributed by atoms with Crippen LogP contribution in [0.1, 0.15) is 0 Å². The molecule has 0 fully saturated rings. The average Bonchev–Trinajstić information content (AvgIpc) is 3.73. The zero-order chi connectivity index (χ0) is 28.1. The molecule has 0 amide bonds. The highest BCUT2D eigenvalue weighted by Crippen LogP contribution is 2.41. The second-order valence-electron chi connectivity index (χ2n) is 11.0. The third kappa shape index (κ3) is 3.05. The van der Waals surface area contributed by atoms with Crippen LogP contribution in [-0.2, 0) is 0 Å². The predicted molar refractivity (Wildman–Crippen MR) is 174 cm³/mol. The molecule has 0 saturated heterocycles. The minimum atomic E-state index is 0.600. The first-order valence-electron chi connectivity index (χ1n) is 14.3. The van der Waals surface area contributed by atoms with Crippen LogP contribution in [0, 0.1) is 0 Å². The maximum atomic E-state index is 6.50. The lowest BCUT2D eigenvalue weighted by Gasteiger charge is -2.12. The van der Waals surface area contributed by atoms with Crippen LogP contribution in [0.2, 0.25) is 0 Å². The Morgan fingerprint density at radius 1 is 0.442 bits per heavy atom. The van der Waals surface area contributed by atoms with Gasteiger partial charge in [0.1, 0.15) is 22.3 Å². The third-order valence-electron chi connectivity index (χ3n) is 8.63. The van der Waals surface area contributed by atoms with Gasteiger partial charge in [-0.15, -0.1) is 0 Å². The smallest absolute Gasteiger partial charge is 0.235 e. The van der Waals surface area contributed by atoms with Crippen molar-refractivity contribution in [3.05, 3.63) is 127 Å². The summed E-state index contributed by atoms with van der Waals surface area (Å²) in [5, 5.41) is 7.50. The van der Waals surface area contributed by atoms with Gasteiger partial charge in [0.05, 0.1) is 27.6 Å². The summed E-state index contributed by atoms with van der Waals surface area (Å²) in [5.41, 5.74) is 8.10. The Hall–Kier alpha value is -5.94. The zero-order valence-corrected chi connectivity index (χ0v) is 22.8. The number of benzene rings is 6. The summed E-state index contributed by atoms with van der Waals surface area (Å²) in [4.78, 5) is 10.5. The van der Waals surface area contributed by atoms with Gasteiger partial charge in [-0.05, 0) is 42.5 Å². The van der Waals surface area contributed by atoms with Gasteiger partial charge in [0, 0.05) is 37.9 Å². The van der Waals surface area contributed by atoms with Gasteiger partial charge >= 0.3 is 0 Å². The van der Waals surface area contributed by atoms with E-state index in [1.54, 1.807) is 0 Å². The topological polar surface area (TPSA) is 57.0 Å². The van der Waals surface area contributed by atoms with Gasteiger partial charge in [0.15, 0.2) is 0 Å². The van der Waals surface area contributed by atoms with Crippen molar-refractivity contribution >= 4 is 76.6 Å². The van der Waals surface area contributed by atoms with Crippen LogP contribution in [0.4, 0.5) is 0 Å². The lowest BCUT2D eigenvalue weighted by atomic mass is 10.0. The Kier molecular flexibility index (Phi) is 4.39. The molecule has 0 bridgehead atoms. The van der Waals surface area contributed by atoms with Crippen molar-refractivity contribution in [1.82, 2.24) is 14.5 Å². The molecular weight excluding hydrogens is 530 g/mol. The van der Waals surface area contributed by atoms with E-state index in [1.165, 1.54) is 0 Å². The molecule has 10 rings (SSSR count). The lowest BCUT2D eigenvalue weighted by Crippen LogP contribution is -2.03. The molecule has 0 aliphatic heterocycles. The van der Waals surface area contributed by atoms with E-state index in [-0.39, 0.29) is 0 Å². The Bertz CT molecular complexity index is 2750. The molecule has 4 aromatic heterocycles. The van der Waals surface area contributed by atoms with E-state index in [1.807, 2.05) is 48.5 Å². The molecule has 0 aliphatic carbocycles. The largest absolute Gasteiger partial charge is 0.455 e. The first-order chi connectivity index (χ1) is 21.3. The minimum absolute atomic E-state index is 0.600. The van der Waals surface area contributed by atoms with E-state index < -0.39 is 0 Å². The van der Waals surface area contributed by atoms with Crippen LogP contribution in [0.3, 0.4) is 0 Å². The van der Waals surface area contributed by atoms with Crippen LogP contribution in [0.25, 0.3) is 93.8 Å². The number of rotatable bonds is 2. The van der Waals surface area contributed by atoms with Gasteiger partial charge in [0.25, 0.3) is 0 Å². The summed E-state index contributed by atoms with van der Waals surface area (Å²) < 4.78 is 15.1. The molecule has 0 saturated carbocycles. The van der Waals surface area contributed by atoms with Crippen molar-refractivity contribution < 1.29 is 8.83 Å². The summed E-state index contributed by atoms with van der Waals surface area (Å²) >= 11 is 0. The summed E-state index contributed by atoms with van der Waals surface area (Å²) in [7, 11) is 0. The van der Waals surface area contributed by atoms with Crippen LogP contribution >= 0.6 is 0 Å². The fraction of sp³-hybridized carbons (Fsp3) is 0. The number of hydrogen-bond acceptors (Lipinski definition) is 4. The molecule has 43 heavy (non-hydrogen) atoms. The van der Waals surface area contributed by atoms with Crippen molar-refractivity contribution in [2.45, 2.75) is 0 Å². The number of hydrogen-bond donors (Lipinski definition) is 0. The average molecular weight is 552 g/mol. The molecule has 5 heteroatoms. The summed E-state index contributed by atoms with van der Waals surface area (Å²) in [5.74, 6) is 0.600. The van der Waals surface area contributed by atoms with Gasteiger partial charge in [0.2, 0.25) is 5.95 Å². The molecule has 0 aliphatic rings. The molecule has 0 radical (unpaired) electrons. The number of fused-ring (bicyclic) bond motifs is 11. The fourth-order valence-electron chi connectivity index (χ4n) is 6.75. The highest BCUT2D eigenvalue weighted by molar-refractivity contribution is 6.23. The Morgan fingerprint density at radius 2 is 1.07 bits per heavy atom. The van der Waals surface area contributed by atoms with Gasteiger partial charge in [-0.1, -0.05) is 84.9 Å². The van der Waals surface area contributed by atoms with E-state index in [0.717, 1.165) is 87.8 Å². The van der Waals surface area contributed by atoms with Gasteiger partial charge < -0.3 is 8.83 Å². The van der Waals surface area contributed by atoms with Gasteiger partial charge in [-0.3, -0.25) is 4.57 Å². The monoisotopic (exact) mass is 551 g/mol. The van der Waals surface area contributed by atoms with Crippen molar-refractivity contribution in [1.29, 1.82) is 0 Å². The summed E-state index contributed by atoms with van der Waals surface area (Å²) in [6.45, 7) is 0. The van der Waals surface area contributed by atoms with Crippen molar-refractivity contribution in [3.63, 3.8) is 0 Å². The standard InChI is InChI=1S/C38H21N3O2/c1-5-16-29-26(12-1)35(28-15-9-14-24-22-10-3-7-18-32(22)42-36(24)28)40-38(39-29)41-30-17-6-2-13-27(30)34-31(41)21-20-25-23-11-4-8-19-33(23)43-37(25)34/h1-21H. The molecule has 0 N–H and O–H groups in total. The third-order valence-corrected chi connectivity index (χ3v) is 8.63. The van der Waals surface area contributed by atoms with E-state index in [4.69, 9.17) is 18.8 Å². The molecule has 5 nitrogen and oxygen atoms in total. The highest BCUT2D eigenvalue weighted by atomic mass is 16.3. The molecular formula is C38H21N3O2. The first-order valence-corrected chi connectivity index (χ1v) is 14.3. The SMILES string of the molecule is c1ccc2c(-c3cccc4c3oc3ccccc34)nc(-n3c4ccccc4c4c5oc6ccccc6c5ccc43)nc2c1. The number of nitrogens with zero attached hydrogens (tertiary/aromatic N) is 3. The quantitative estimate of drug-likeness (QED) is 0.214. The molecule has 0 spiro atoms. The molecule has 10 aromatic rings. The van der Waals surface area contributed by atoms with Crippen molar-refractivity contribution in [2.75, 3.05) is 0 Å². The number of para-hydroxylation sites is 5. The Labute approximate surface area is 244 Å². The first kappa shape index (κ1) is 22.7. The number of aromatic nitrogens is 3. The molecule has 200 valence electrons. The van der Waals surface area contributed by atoms with Crippen LogP contribution in [0.5, 0.6) is 0 Å². The maximum Gasteiger partial charge on any atom is 0.235 e. The minimum Gasteiger partial charge on any atom is -0.455 e. The van der Waals surface area contributed by atoms with E-state index in [9.17, 15) is 0 Å². The van der Waals surface area contributed by atoms with Crippen LogP contribution < -0.4 is 0 Å². The number of furan rings is 2. The van der Waals surface area contributed by atoms with E-state index >= 15 is 0 Å². The van der Waals surface area contributed by atoms with Gasteiger partial charge in [-0.25, -0.2) is 9.97 Å². The van der Waals surface area contributed by atoms with Gasteiger partial charge in [-0.2, -0.15) is 0 Å². The fourth-order valence-corrected chi connectivity index (χ4v) is 6.75. The molecule has 0 unspecified atom stereocenters. The maximum absolute atomic E-state index is 6.50. The molecule has 6 aromatic carbocycles. The van der Waals surface area contributed by atoms with E-state index in [0.29, 0.717) is 5.95 Å². The van der Waals surface area contributed by atoms with Crippen LogP contribution in [0.15, 0.2) is 136 Å². The Balaban J connectivity index is 1.33. The summed E-state index contributed by atoms with van der Waals surface area (Å²) in [6, 6.07) is 43.6.